The molecule has 0 heterocycles. The molecule has 0 radical (unpaired) electrons. The molecular weight excluding hydrogens is 680 g/mol. The third kappa shape index (κ3) is 4.72. The summed E-state index contributed by atoms with van der Waals surface area (Å²) < 4.78 is 16.9. The van der Waals surface area contributed by atoms with Gasteiger partial charge in [0.1, 0.15) is 24.7 Å². The van der Waals surface area contributed by atoms with Crippen LogP contribution in [0.1, 0.15) is 0 Å². The Morgan fingerprint density at radius 2 is 0.864 bits per heavy atom. The molecule has 0 atom stereocenters. The fourth-order valence-corrected chi connectivity index (χ4v) is 4.54. The molecule has 0 bridgehead atoms. The van der Waals surface area contributed by atoms with Crippen molar-refractivity contribution in [3.63, 3.8) is 0 Å². The van der Waals surface area contributed by atoms with Crippen LogP contribution in [-0.2, 0) is 0 Å². The van der Waals surface area contributed by atoms with Gasteiger partial charge in [-0.3, -0.25) is 0 Å². The molecule has 8 heteroatoms. The predicted octanol–water partition coefficient (Wildman–Crippen LogP) is 7.72. The van der Waals surface area contributed by atoms with Gasteiger partial charge in [0.2, 0.25) is 0 Å². The minimum Gasteiger partial charge on any atom is -0.488 e. The minimum absolute atomic E-state index is 0.416. The molecule has 0 N–H and O–H groups in total. The molecule has 0 spiro atoms. The topological polar surface area (TPSA) is 18.5 Å². The van der Waals surface area contributed by atoms with E-state index in [1.54, 1.807) is 0 Å². The molecule has 2 aromatic carbocycles. The van der Waals surface area contributed by atoms with Crippen LogP contribution in [0.25, 0.3) is 0 Å². The molecule has 2 aromatic rings. The summed E-state index contributed by atoms with van der Waals surface area (Å²) in [5.41, 5.74) is 0. The average molecular weight is 688 g/mol. The van der Waals surface area contributed by atoms with E-state index >= 15 is 0 Å². The van der Waals surface area contributed by atoms with Crippen LogP contribution in [0, 0.1) is 0 Å². The highest BCUT2D eigenvalue weighted by Gasteiger charge is 2.12. The Labute approximate surface area is 179 Å². The number of hydrogen-bond acceptors (Lipinski definition) is 2. The summed E-state index contributed by atoms with van der Waals surface area (Å²) >= 11 is 20.9. The Bertz CT molecular complexity index is 630. The first-order valence-corrected chi connectivity index (χ1v) is 10.7. The van der Waals surface area contributed by atoms with Crippen molar-refractivity contribution in [2.75, 3.05) is 13.2 Å². The minimum atomic E-state index is 0.416. The third-order valence-electron chi connectivity index (χ3n) is 2.58. The van der Waals surface area contributed by atoms with Gasteiger partial charge >= 0.3 is 0 Å². The molecule has 2 nitrogen and oxygen atoms in total. The Morgan fingerprint density at radius 3 is 1.23 bits per heavy atom. The SMILES string of the molecule is Brc1ccc(Br)c(OCCOc2c(Br)ccc(Br)c2Br)c1Br. The first-order valence-electron chi connectivity index (χ1n) is 5.94. The van der Waals surface area contributed by atoms with E-state index in [4.69, 9.17) is 9.47 Å². The van der Waals surface area contributed by atoms with Crippen LogP contribution in [0.2, 0.25) is 0 Å². The van der Waals surface area contributed by atoms with Crippen LogP contribution in [0.3, 0.4) is 0 Å². The van der Waals surface area contributed by atoms with E-state index in [-0.39, 0.29) is 0 Å². The fraction of sp³-hybridized carbons (Fsp3) is 0.143. The van der Waals surface area contributed by atoms with E-state index in [0.717, 1.165) is 38.3 Å². The van der Waals surface area contributed by atoms with Gasteiger partial charge in [0.15, 0.2) is 0 Å². The zero-order chi connectivity index (χ0) is 16.3. The fourth-order valence-electron chi connectivity index (χ4n) is 1.57. The first-order chi connectivity index (χ1) is 10.4. The highest BCUT2D eigenvalue weighted by Crippen LogP contribution is 2.40. The summed E-state index contributed by atoms with van der Waals surface area (Å²) in [5, 5.41) is 0. The Kier molecular flexibility index (Phi) is 7.74. The molecule has 0 saturated heterocycles. The van der Waals surface area contributed by atoms with Crippen molar-refractivity contribution in [2.24, 2.45) is 0 Å². The summed E-state index contributed by atoms with van der Waals surface area (Å²) in [6.45, 7) is 0.831. The number of halogens is 6. The van der Waals surface area contributed by atoms with Crippen LogP contribution < -0.4 is 9.47 Å². The van der Waals surface area contributed by atoms with Gasteiger partial charge in [0.25, 0.3) is 0 Å². The van der Waals surface area contributed by atoms with Gasteiger partial charge < -0.3 is 9.47 Å². The van der Waals surface area contributed by atoms with Gasteiger partial charge in [-0.2, -0.15) is 0 Å². The van der Waals surface area contributed by atoms with Crippen molar-refractivity contribution in [1.29, 1.82) is 0 Å². The van der Waals surface area contributed by atoms with Crippen molar-refractivity contribution in [1.82, 2.24) is 0 Å². The Balaban J connectivity index is 1.99. The lowest BCUT2D eigenvalue weighted by Gasteiger charge is -2.14. The average Bonchev–Trinajstić information content (AvgIpc) is 2.49. The summed E-state index contributed by atoms with van der Waals surface area (Å²) in [5.74, 6) is 1.48. The maximum atomic E-state index is 5.79. The van der Waals surface area contributed by atoms with E-state index in [2.05, 4.69) is 95.6 Å². The molecule has 0 aromatic heterocycles. The maximum Gasteiger partial charge on any atom is 0.148 e. The summed E-state index contributed by atoms with van der Waals surface area (Å²) in [6.07, 6.45) is 0. The lowest BCUT2D eigenvalue weighted by molar-refractivity contribution is 0.213. The monoisotopic (exact) mass is 682 g/mol. The lowest BCUT2D eigenvalue weighted by Crippen LogP contribution is -2.10. The normalized spacial score (nSPS) is 10.6. The van der Waals surface area contributed by atoms with Gasteiger partial charge in [-0.05, 0) is 120 Å². The second-order valence-corrected chi connectivity index (χ2v) is 9.04. The largest absolute Gasteiger partial charge is 0.488 e. The van der Waals surface area contributed by atoms with Crippen molar-refractivity contribution in [3.8, 4) is 11.5 Å². The Morgan fingerprint density at radius 1 is 0.545 bits per heavy atom. The van der Waals surface area contributed by atoms with Gasteiger partial charge in [-0.1, -0.05) is 0 Å². The zero-order valence-corrected chi connectivity index (χ0v) is 20.3. The van der Waals surface area contributed by atoms with Gasteiger partial charge in [0, 0.05) is 8.95 Å². The van der Waals surface area contributed by atoms with E-state index in [9.17, 15) is 0 Å². The van der Waals surface area contributed by atoms with Gasteiger partial charge in [0.05, 0.1) is 17.9 Å². The van der Waals surface area contributed by atoms with E-state index in [0.29, 0.717) is 13.2 Å². The maximum absolute atomic E-state index is 5.79. The molecule has 0 aliphatic heterocycles. The van der Waals surface area contributed by atoms with Gasteiger partial charge in [-0.15, -0.1) is 0 Å². The zero-order valence-electron chi connectivity index (χ0n) is 10.8. The van der Waals surface area contributed by atoms with Crippen LogP contribution in [0.15, 0.2) is 51.1 Å². The Hall–Kier alpha value is 0.920. The molecule has 0 unspecified atom stereocenters. The van der Waals surface area contributed by atoms with Crippen molar-refractivity contribution < 1.29 is 9.47 Å². The second-order valence-electron chi connectivity index (χ2n) is 4.04. The van der Waals surface area contributed by atoms with Crippen LogP contribution in [0.5, 0.6) is 11.5 Å². The number of benzene rings is 2. The molecule has 2 rings (SSSR count). The standard InChI is InChI=1S/C14H8Br6O2/c15-7-1-3-9(17)13(11(7)19)21-5-6-22-14-10(18)4-2-8(16)12(14)20/h1-4H,5-6H2. The number of rotatable bonds is 5. The molecule has 0 fully saturated rings. The van der Waals surface area contributed by atoms with Gasteiger partial charge in [-0.25, -0.2) is 0 Å². The first kappa shape index (κ1) is 19.2. The van der Waals surface area contributed by atoms with Crippen LogP contribution in [0.4, 0.5) is 0 Å². The summed E-state index contributed by atoms with van der Waals surface area (Å²) in [4.78, 5) is 0. The molecule has 0 aliphatic carbocycles. The van der Waals surface area contributed by atoms with Crippen molar-refractivity contribution >= 4 is 95.6 Å². The van der Waals surface area contributed by atoms with Crippen molar-refractivity contribution in [2.45, 2.75) is 0 Å². The van der Waals surface area contributed by atoms with E-state index < -0.39 is 0 Å². The molecule has 22 heavy (non-hydrogen) atoms. The predicted molar refractivity (Wildman–Crippen MR) is 110 cm³/mol. The van der Waals surface area contributed by atoms with Crippen LogP contribution in [-0.4, -0.2) is 13.2 Å². The smallest absolute Gasteiger partial charge is 0.148 e. The van der Waals surface area contributed by atoms with E-state index in [1.807, 2.05) is 24.3 Å². The van der Waals surface area contributed by atoms with Crippen molar-refractivity contribution in [3.05, 3.63) is 51.1 Å². The number of hydrogen-bond donors (Lipinski definition) is 0. The molecular formula is C14H8Br6O2. The number of ether oxygens (including phenoxy) is 2. The molecule has 0 aliphatic rings. The highest BCUT2D eigenvalue weighted by atomic mass is 79.9. The lowest BCUT2D eigenvalue weighted by atomic mass is 10.3. The van der Waals surface area contributed by atoms with Crippen LogP contribution >= 0.6 is 95.6 Å². The molecule has 0 saturated carbocycles. The van der Waals surface area contributed by atoms with E-state index in [1.165, 1.54) is 0 Å². The highest BCUT2D eigenvalue weighted by molar-refractivity contribution is 9.13. The third-order valence-corrected chi connectivity index (χ3v) is 7.79. The molecule has 118 valence electrons. The molecule has 0 amide bonds. The summed E-state index contributed by atoms with van der Waals surface area (Å²) in [6, 6.07) is 7.72. The quantitative estimate of drug-likeness (QED) is 0.237. The second kappa shape index (κ2) is 8.85. The summed E-state index contributed by atoms with van der Waals surface area (Å²) in [7, 11) is 0.